The fraction of sp³-hybridized carbons (Fsp3) is 0.375. The Labute approximate surface area is 135 Å². The van der Waals surface area contributed by atoms with Crippen LogP contribution in [0.2, 0.25) is 10.0 Å². The van der Waals surface area contributed by atoms with E-state index in [1.54, 1.807) is 24.5 Å². The third-order valence-corrected chi connectivity index (χ3v) is 3.24. The van der Waals surface area contributed by atoms with E-state index in [0.717, 1.165) is 24.4 Å². The fourth-order valence-electron chi connectivity index (χ4n) is 1.87. The summed E-state index contributed by atoms with van der Waals surface area (Å²) in [6.45, 7) is 6.49. The molecule has 2 rings (SSSR count). The van der Waals surface area contributed by atoms with Gasteiger partial charge in [-0.25, -0.2) is 0 Å². The van der Waals surface area contributed by atoms with Crippen LogP contribution in [0.4, 0.5) is 0 Å². The lowest BCUT2D eigenvalue weighted by atomic mass is 10.2. The maximum absolute atomic E-state index is 5.92. The van der Waals surface area contributed by atoms with Gasteiger partial charge in [0.15, 0.2) is 0 Å². The summed E-state index contributed by atoms with van der Waals surface area (Å²) in [6.07, 6.45) is 1.75. The molecule has 1 aromatic carbocycles. The van der Waals surface area contributed by atoms with Crippen molar-refractivity contribution in [1.82, 2.24) is 5.32 Å². The topological polar surface area (TPSA) is 34.4 Å². The quantitative estimate of drug-likeness (QED) is 0.784. The average Bonchev–Trinajstić information content (AvgIpc) is 2.83. The number of benzene rings is 1. The van der Waals surface area contributed by atoms with Crippen LogP contribution in [0.1, 0.15) is 25.2 Å². The highest BCUT2D eigenvalue weighted by molar-refractivity contribution is 6.34. The molecule has 0 amide bonds. The number of nitrogens with one attached hydrogen (secondary N) is 1. The summed E-state index contributed by atoms with van der Waals surface area (Å²) in [5, 5.41) is 4.47. The lowest BCUT2D eigenvalue weighted by Crippen LogP contribution is -2.18. The maximum atomic E-state index is 5.92. The lowest BCUT2D eigenvalue weighted by molar-refractivity contribution is 0.270. The Bertz CT molecular complexity index is 561. The Balaban J connectivity index is 1.85. The molecule has 0 radical (unpaired) electrons. The zero-order valence-corrected chi connectivity index (χ0v) is 13.7. The predicted molar refractivity (Wildman–Crippen MR) is 86.0 cm³/mol. The molecule has 0 unspecified atom stereocenters. The minimum atomic E-state index is 0.348. The molecule has 2 aromatic rings. The van der Waals surface area contributed by atoms with Crippen molar-refractivity contribution in [3.63, 3.8) is 0 Å². The minimum Gasteiger partial charge on any atom is -0.486 e. The van der Waals surface area contributed by atoms with E-state index < -0.39 is 0 Å². The predicted octanol–water partition coefficient (Wildman–Crippen LogP) is 4.91. The Hall–Kier alpha value is -1.16. The van der Waals surface area contributed by atoms with E-state index >= 15 is 0 Å². The van der Waals surface area contributed by atoms with E-state index in [9.17, 15) is 0 Å². The van der Waals surface area contributed by atoms with Gasteiger partial charge < -0.3 is 14.5 Å². The summed E-state index contributed by atoms with van der Waals surface area (Å²) in [6, 6.07) is 7.10. The molecule has 0 aliphatic rings. The van der Waals surface area contributed by atoms with Crippen molar-refractivity contribution in [3.8, 4) is 5.75 Å². The molecule has 0 aliphatic carbocycles. The summed E-state index contributed by atoms with van der Waals surface area (Å²) in [5.74, 6) is 2.03. The molecule has 0 aliphatic heterocycles. The van der Waals surface area contributed by atoms with Crippen LogP contribution in [-0.2, 0) is 13.2 Å². The standard InChI is InChI=1S/C16H19Cl2NO2/c1-11(2)7-19-8-12-3-16(20-9-12)10-21-15-5-13(17)4-14(18)6-15/h3-6,9,11,19H,7-8,10H2,1-2H3. The highest BCUT2D eigenvalue weighted by Gasteiger charge is 2.05. The van der Waals surface area contributed by atoms with Crippen molar-refractivity contribution in [2.24, 2.45) is 5.92 Å². The highest BCUT2D eigenvalue weighted by Crippen LogP contribution is 2.25. The summed E-state index contributed by atoms with van der Waals surface area (Å²) < 4.78 is 11.1. The molecule has 5 heteroatoms. The van der Waals surface area contributed by atoms with Gasteiger partial charge in [0.25, 0.3) is 0 Å². The molecule has 0 bridgehead atoms. The van der Waals surface area contributed by atoms with Crippen molar-refractivity contribution in [3.05, 3.63) is 51.9 Å². The van der Waals surface area contributed by atoms with Gasteiger partial charge in [-0.2, -0.15) is 0 Å². The minimum absolute atomic E-state index is 0.348. The Morgan fingerprint density at radius 3 is 2.52 bits per heavy atom. The van der Waals surface area contributed by atoms with Gasteiger partial charge in [-0.05, 0) is 36.7 Å². The Morgan fingerprint density at radius 1 is 1.14 bits per heavy atom. The third-order valence-electron chi connectivity index (χ3n) is 2.81. The second-order valence-corrected chi connectivity index (χ2v) is 6.21. The van der Waals surface area contributed by atoms with Crippen LogP contribution in [0.15, 0.2) is 34.9 Å². The van der Waals surface area contributed by atoms with Crippen LogP contribution in [0.5, 0.6) is 5.75 Å². The van der Waals surface area contributed by atoms with E-state index in [1.165, 1.54) is 0 Å². The van der Waals surface area contributed by atoms with Crippen LogP contribution in [0.25, 0.3) is 0 Å². The molecule has 0 saturated carbocycles. The van der Waals surface area contributed by atoms with Gasteiger partial charge in [0.05, 0.1) is 6.26 Å². The summed E-state index contributed by atoms with van der Waals surface area (Å²) in [7, 11) is 0. The van der Waals surface area contributed by atoms with Crippen molar-refractivity contribution >= 4 is 23.2 Å². The molecular formula is C16H19Cl2NO2. The molecule has 1 N–H and O–H groups in total. The molecule has 21 heavy (non-hydrogen) atoms. The number of rotatable bonds is 7. The Kier molecular flexibility index (Phi) is 5.97. The summed E-state index contributed by atoms with van der Waals surface area (Å²) in [4.78, 5) is 0. The third kappa shape index (κ3) is 5.62. The van der Waals surface area contributed by atoms with Crippen molar-refractivity contribution in [2.45, 2.75) is 27.0 Å². The normalized spacial score (nSPS) is 11.1. The van der Waals surface area contributed by atoms with Gasteiger partial charge in [-0.15, -0.1) is 0 Å². The molecule has 0 atom stereocenters. The van der Waals surface area contributed by atoms with Gasteiger partial charge in [0.1, 0.15) is 18.1 Å². The monoisotopic (exact) mass is 327 g/mol. The van der Waals surface area contributed by atoms with Crippen LogP contribution in [0.3, 0.4) is 0 Å². The first-order valence-electron chi connectivity index (χ1n) is 6.89. The SMILES string of the molecule is CC(C)CNCc1coc(COc2cc(Cl)cc(Cl)c2)c1. The van der Waals surface area contributed by atoms with E-state index in [0.29, 0.717) is 28.3 Å². The van der Waals surface area contributed by atoms with Gasteiger partial charge >= 0.3 is 0 Å². The van der Waals surface area contributed by atoms with Gasteiger partial charge in [0.2, 0.25) is 0 Å². The number of furan rings is 1. The van der Waals surface area contributed by atoms with Crippen LogP contribution >= 0.6 is 23.2 Å². The molecule has 0 saturated heterocycles. The largest absolute Gasteiger partial charge is 0.486 e. The number of hydrogen-bond donors (Lipinski definition) is 1. The van der Waals surface area contributed by atoms with E-state index in [1.807, 2.05) is 6.07 Å². The van der Waals surface area contributed by atoms with Crippen molar-refractivity contribution in [2.75, 3.05) is 6.54 Å². The van der Waals surface area contributed by atoms with Gasteiger partial charge in [0, 0.05) is 22.2 Å². The summed E-state index contributed by atoms with van der Waals surface area (Å²) in [5.41, 5.74) is 1.11. The van der Waals surface area contributed by atoms with Crippen molar-refractivity contribution in [1.29, 1.82) is 0 Å². The second-order valence-electron chi connectivity index (χ2n) is 5.34. The first-order chi connectivity index (χ1) is 10.0. The first-order valence-corrected chi connectivity index (χ1v) is 7.64. The highest BCUT2D eigenvalue weighted by atomic mass is 35.5. The van der Waals surface area contributed by atoms with Gasteiger partial charge in [-0.1, -0.05) is 37.0 Å². The smallest absolute Gasteiger partial charge is 0.146 e. The van der Waals surface area contributed by atoms with Crippen molar-refractivity contribution < 1.29 is 9.15 Å². The molecule has 114 valence electrons. The number of hydrogen-bond acceptors (Lipinski definition) is 3. The van der Waals surface area contributed by atoms with E-state index in [-0.39, 0.29) is 0 Å². The zero-order chi connectivity index (χ0) is 15.2. The molecule has 0 fully saturated rings. The molecule has 0 spiro atoms. The molecular weight excluding hydrogens is 309 g/mol. The van der Waals surface area contributed by atoms with Crippen LogP contribution in [0, 0.1) is 5.92 Å². The van der Waals surface area contributed by atoms with Crippen LogP contribution in [-0.4, -0.2) is 6.54 Å². The first kappa shape index (κ1) is 16.2. The molecule has 1 heterocycles. The van der Waals surface area contributed by atoms with Gasteiger partial charge in [-0.3, -0.25) is 0 Å². The van der Waals surface area contributed by atoms with E-state index in [2.05, 4.69) is 19.2 Å². The summed E-state index contributed by atoms with van der Waals surface area (Å²) >= 11 is 11.8. The molecule has 3 nitrogen and oxygen atoms in total. The van der Waals surface area contributed by atoms with E-state index in [4.69, 9.17) is 32.4 Å². The zero-order valence-electron chi connectivity index (χ0n) is 12.2. The van der Waals surface area contributed by atoms with Crippen LogP contribution < -0.4 is 10.1 Å². The number of ether oxygens (including phenoxy) is 1. The molecule has 1 aromatic heterocycles. The fourth-order valence-corrected chi connectivity index (χ4v) is 2.37. The Morgan fingerprint density at radius 2 is 1.86 bits per heavy atom. The maximum Gasteiger partial charge on any atom is 0.146 e. The lowest BCUT2D eigenvalue weighted by Gasteiger charge is -2.05. The average molecular weight is 328 g/mol. The second kappa shape index (κ2) is 7.74. The number of halogens is 2.